The number of rotatable bonds is 2. The summed E-state index contributed by atoms with van der Waals surface area (Å²) in [7, 11) is 3.55. The first-order chi connectivity index (χ1) is 5.79. The average Bonchev–Trinajstić information content (AvgIpc) is 2.16. The Kier molecular flexibility index (Phi) is 2.69. The molecule has 0 unspecified atom stereocenters. The first-order valence-electron chi connectivity index (χ1n) is 3.79. The van der Waals surface area contributed by atoms with Crippen molar-refractivity contribution in [3.05, 3.63) is 29.8 Å². The zero-order valence-corrected chi connectivity index (χ0v) is 7.33. The quantitative estimate of drug-likeness (QED) is 0.506. The van der Waals surface area contributed by atoms with Crippen molar-refractivity contribution < 1.29 is 0 Å². The van der Waals surface area contributed by atoms with Crippen LogP contribution in [0.25, 0.3) is 0 Å². The van der Waals surface area contributed by atoms with Crippen LogP contribution < -0.4 is 11.1 Å². The van der Waals surface area contributed by atoms with E-state index in [-0.39, 0.29) is 0 Å². The number of nitrogens with zero attached hydrogens (tertiary/aromatic N) is 1. The molecular weight excluding hydrogens is 150 g/mol. The normalized spacial score (nSPS) is 11.3. The van der Waals surface area contributed by atoms with E-state index in [1.54, 1.807) is 7.05 Å². The number of hydrogen-bond donors (Lipinski definition) is 2. The van der Waals surface area contributed by atoms with Crippen molar-refractivity contribution in [2.24, 2.45) is 10.7 Å². The minimum Gasteiger partial charge on any atom is -0.388 e. The van der Waals surface area contributed by atoms with Crippen molar-refractivity contribution in [1.29, 1.82) is 0 Å². The van der Waals surface area contributed by atoms with Gasteiger partial charge in [-0.1, -0.05) is 12.1 Å². The molecule has 0 spiro atoms. The fourth-order valence-corrected chi connectivity index (χ4v) is 1.04. The van der Waals surface area contributed by atoms with Crippen LogP contribution in [-0.4, -0.2) is 19.9 Å². The summed E-state index contributed by atoms with van der Waals surface area (Å²) in [5.74, 6) is 0.556. The van der Waals surface area contributed by atoms with Gasteiger partial charge in [-0.25, -0.2) is 0 Å². The zero-order chi connectivity index (χ0) is 8.97. The summed E-state index contributed by atoms with van der Waals surface area (Å²) in [6, 6.07) is 7.80. The van der Waals surface area contributed by atoms with E-state index in [2.05, 4.69) is 10.3 Å². The van der Waals surface area contributed by atoms with Crippen LogP contribution in [0.4, 0.5) is 5.69 Å². The Bertz CT molecular complexity index is 292. The van der Waals surface area contributed by atoms with Crippen molar-refractivity contribution in [3.8, 4) is 0 Å². The Morgan fingerprint density at radius 3 is 2.67 bits per heavy atom. The first-order valence-corrected chi connectivity index (χ1v) is 3.79. The molecule has 12 heavy (non-hydrogen) atoms. The lowest BCUT2D eigenvalue weighted by molar-refractivity contribution is 1.38. The molecule has 1 aromatic carbocycles. The molecule has 3 heteroatoms. The maximum atomic E-state index is 5.68. The van der Waals surface area contributed by atoms with Gasteiger partial charge >= 0.3 is 0 Å². The van der Waals surface area contributed by atoms with Gasteiger partial charge in [0.25, 0.3) is 0 Å². The second-order valence-corrected chi connectivity index (χ2v) is 2.40. The number of benzene rings is 1. The fourth-order valence-electron chi connectivity index (χ4n) is 1.04. The van der Waals surface area contributed by atoms with Crippen LogP contribution in [0.3, 0.4) is 0 Å². The number of nitrogens with two attached hydrogens (primary N) is 1. The van der Waals surface area contributed by atoms with E-state index in [0.29, 0.717) is 5.84 Å². The van der Waals surface area contributed by atoms with Gasteiger partial charge in [0.15, 0.2) is 0 Å². The van der Waals surface area contributed by atoms with Crippen molar-refractivity contribution >= 4 is 11.5 Å². The summed E-state index contributed by atoms with van der Waals surface area (Å²) in [4.78, 5) is 3.92. The van der Waals surface area contributed by atoms with Gasteiger partial charge in [-0.2, -0.15) is 0 Å². The van der Waals surface area contributed by atoms with Crippen molar-refractivity contribution in [1.82, 2.24) is 0 Å². The summed E-state index contributed by atoms with van der Waals surface area (Å²) < 4.78 is 0. The van der Waals surface area contributed by atoms with Gasteiger partial charge in [0.05, 0.1) is 0 Å². The van der Waals surface area contributed by atoms with Crippen LogP contribution >= 0.6 is 0 Å². The summed E-state index contributed by atoms with van der Waals surface area (Å²) in [6.07, 6.45) is 0. The van der Waals surface area contributed by atoms with E-state index in [9.17, 15) is 0 Å². The Morgan fingerprint density at radius 2 is 2.08 bits per heavy atom. The van der Waals surface area contributed by atoms with E-state index < -0.39 is 0 Å². The van der Waals surface area contributed by atoms with E-state index in [4.69, 9.17) is 5.73 Å². The molecule has 0 aliphatic rings. The van der Waals surface area contributed by atoms with Crippen LogP contribution in [0, 0.1) is 0 Å². The molecule has 1 aromatic rings. The maximum Gasteiger partial charge on any atom is 0.127 e. The minimum atomic E-state index is 0.556. The van der Waals surface area contributed by atoms with Crippen LogP contribution in [0.2, 0.25) is 0 Å². The molecule has 0 aliphatic heterocycles. The number of amidine groups is 1. The van der Waals surface area contributed by atoms with Gasteiger partial charge in [0.2, 0.25) is 0 Å². The summed E-state index contributed by atoms with van der Waals surface area (Å²) in [6.45, 7) is 0. The molecule has 1 rings (SSSR count). The van der Waals surface area contributed by atoms with Crippen molar-refractivity contribution in [3.63, 3.8) is 0 Å². The van der Waals surface area contributed by atoms with Gasteiger partial charge in [0.1, 0.15) is 5.84 Å². The van der Waals surface area contributed by atoms with E-state index in [1.165, 1.54) is 0 Å². The second kappa shape index (κ2) is 3.76. The topological polar surface area (TPSA) is 50.4 Å². The summed E-state index contributed by atoms with van der Waals surface area (Å²) in [5.41, 5.74) is 7.63. The predicted molar refractivity (Wildman–Crippen MR) is 52.6 cm³/mol. The van der Waals surface area contributed by atoms with Gasteiger partial charge in [0, 0.05) is 25.3 Å². The molecule has 0 radical (unpaired) electrons. The van der Waals surface area contributed by atoms with Gasteiger partial charge in [-0.3, -0.25) is 4.99 Å². The molecule has 3 N–H and O–H groups in total. The van der Waals surface area contributed by atoms with Crippen LogP contribution in [0.5, 0.6) is 0 Å². The second-order valence-electron chi connectivity index (χ2n) is 2.40. The number of aliphatic imine (C=N–C) groups is 1. The fraction of sp³-hybridized carbons (Fsp3) is 0.222. The van der Waals surface area contributed by atoms with Gasteiger partial charge in [-0.15, -0.1) is 0 Å². The smallest absolute Gasteiger partial charge is 0.127 e. The van der Waals surface area contributed by atoms with E-state index in [0.717, 1.165) is 11.3 Å². The SMILES string of the molecule is CN=C(N)c1ccccc1NC. The Hall–Kier alpha value is -1.51. The molecule has 0 fully saturated rings. The number of nitrogens with one attached hydrogen (secondary N) is 1. The molecule has 0 aromatic heterocycles. The van der Waals surface area contributed by atoms with Crippen LogP contribution in [-0.2, 0) is 0 Å². The highest BCUT2D eigenvalue weighted by Crippen LogP contribution is 2.12. The van der Waals surface area contributed by atoms with E-state index in [1.807, 2.05) is 31.3 Å². The standard InChI is InChI=1S/C9H13N3/c1-11-8-6-4-3-5-7(8)9(10)12-2/h3-6,11H,1-2H3,(H2,10,12). The maximum absolute atomic E-state index is 5.68. The molecule has 64 valence electrons. The molecule has 0 aliphatic carbocycles. The van der Waals surface area contributed by atoms with Crippen LogP contribution in [0.1, 0.15) is 5.56 Å². The molecule has 0 atom stereocenters. The monoisotopic (exact) mass is 163 g/mol. The van der Waals surface area contributed by atoms with Crippen molar-refractivity contribution in [2.75, 3.05) is 19.4 Å². The Morgan fingerprint density at radius 1 is 1.42 bits per heavy atom. The Labute approximate surface area is 72.3 Å². The largest absolute Gasteiger partial charge is 0.388 e. The zero-order valence-electron chi connectivity index (χ0n) is 7.33. The van der Waals surface area contributed by atoms with Gasteiger partial charge in [-0.05, 0) is 12.1 Å². The van der Waals surface area contributed by atoms with Crippen molar-refractivity contribution in [2.45, 2.75) is 0 Å². The lowest BCUT2D eigenvalue weighted by Crippen LogP contribution is -2.14. The minimum absolute atomic E-state index is 0.556. The predicted octanol–water partition coefficient (Wildman–Crippen LogP) is 1.06. The molecule has 0 saturated heterocycles. The highest BCUT2D eigenvalue weighted by atomic mass is 14.9. The average molecular weight is 163 g/mol. The Balaban J connectivity index is 3.13. The lowest BCUT2D eigenvalue weighted by Gasteiger charge is -2.06. The molecule has 0 bridgehead atoms. The molecule has 0 heterocycles. The first kappa shape index (κ1) is 8.59. The third-order valence-corrected chi connectivity index (χ3v) is 1.71. The third-order valence-electron chi connectivity index (χ3n) is 1.71. The summed E-state index contributed by atoms with van der Waals surface area (Å²) in [5, 5.41) is 3.05. The number of para-hydroxylation sites is 1. The van der Waals surface area contributed by atoms with E-state index >= 15 is 0 Å². The number of anilines is 1. The highest BCUT2D eigenvalue weighted by molar-refractivity contribution is 6.02. The molecule has 0 saturated carbocycles. The lowest BCUT2D eigenvalue weighted by atomic mass is 10.1. The van der Waals surface area contributed by atoms with Gasteiger partial charge < -0.3 is 11.1 Å². The molecule has 0 amide bonds. The third kappa shape index (κ3) is 1.56. The molecule has 3 nitrogen and oxygen atoms in total. The highest BCUT2D eigenvalue weighted by Gasteiger charge is 2.01. The summed E-state index contributed by atoms with van der Waals surface area (Å²) >= 11 is 0. The number of hydrogen-bond acceptors (Lipinski definition) is 2. The van der Waals surface area contributed by atoms with Crippen LogP contribution in [0.15, 0.2) is 29.3 Å². The molecular formula is C9H13N3.